The predicted molar refractivity (Wildman–Crippen MR) is 83.7 cm³/mol. The van der Waals surface area contributed by atoms with Gasteiger partial charge in [0.25, 0.3) is 0 Å². The van der Waals surface area contributed by atoms with Crippen LogP contribution in [0.15, 0.2) is 47.4 Å². The smallest absolute Gasteiger partial charge is 0.124 e. The van der Waals surface area contributed by atoms with Crippen LogP contribution in [0.1, 0.15) is 11.6 Å². The molecule has 0 aliphatic carbocycles. The Bertz CT molecular complexity index is 595. The van der Waals surface area contributed by atoms with Gasteiger partial charge in [-0.3, -0.25) is 11.3 Å². The molecule has 1 unspecified atom stereocenters. The zero-order valence-corrected chi connectivity index (χ0v) is 12.8. The van der Waals surface area contributed by atoms with E-state index in [0.717, 1.165) is 10.5 Å². The SMILES string of the molecule is NNC(CSc1cccc(F)c1)c1ccc(Cl)c(Cl)c1. The first-order chi connectivity index (χ1) is 9.60. The van der Waals surface area contributed by atoms with Crippen molar-refractivity contribution in [2.24, 2.45) is 5.84 Å². The highest BCUT2D eigenvalue weighted by Crippen LogP contribution is 2.29. The van der Waals surface area contributed by atoms with Gasteiger partial charge in [-0.05, 0) is 35.9 Å². The molecule has 0 aliphatic rings. The summed E-state index contributed by atoms with van der Waals surface area (Å²) in [4.78, 5) is 0.852. The number of hydrogen-bond acceptors (Lipinski definition) is 3. The fraction of sp³-hybridized carbons (Fsp3) is 0.143. The van der Waals surface area contributed by atoms with Crippen LogP contribution in [0, 0.1) is 5.82 Å². The van der Waals surface area contributed by atoms with Gasteiger partial charge in [0.1, 0.15) is 5.82 Å². The minimum absolute atomic E-state index is 0.0990. The lowest BCUT2D eigenvalue weighted by Crippen LogP contribution is -2.29. The van der Waals surface area contributed by atoms with Gasteiger partial charge in [0.2, 0.25) is 0 Å². The molecule has 2 rings (SSSR count). The third-order valence-corrected chi connectivity index (χ3v) is 4.59. The summed E-state index contributed by atoms with van der Waals surface area (Å²) in [6, 6.07) is 11.7. The molecule has 0 amide bonds. The molecule has 1 atom stereocenters. The molecule has 6 heteroatoms. The van der Waals surface area contributed by atoms with E-state index >= 15 is 0 Å². The van der Waals surface area contributed by atoms with E-state index in [4.69, 9.17) is 29.0 Å². The van der Waals surface area contributed by atoms with Crippen LogP contribution in [-0.2, 0) is 0 Å². The minimum Gasteiger partial charge on any atom is -0.271 e. The molecular formula is C14H13Cl2FN2S. The van der Waals surface area contributed by atoms with Crippen LogP contribution in [0.3, 0.4) is 0 Å². The molecular weight excluding hydrogens is 318 g/mol. The van der Waals surface area contributed by atoms with Gasteiger partial charge >= 0.3 is 0 Å². The first-order valence-electron chi connectivity index (χ1n) is 5.89. The molecule has 0 saturated heterocycles. The summed E-state index contributed by atoms with van der Waals surface area (Å²) in [5.74, 6) is 5.98. The molecule has 2 nitrogen and oxygen atoms in total. The molecule has 0 aliphatic heterocycles. The number of rotatable bonds is 5. The molecule has 0 radical (unpaired) electrons. The van der Waals surface area contributed by atoms with E-state index in [0.29, 0.717) is 15.8 Å². The first kappa shape index (κ1) is 15.6. The summed E-state index contributed by atoms with van der Waals surface area (Å²) in [6.45, 7) is 0. The average molecular weight is 331 g/mol. The average Bonchev–Trinajstić information content (AvgIpc) is 2.43. The maximum Gasteiger partial charge on any atom is 0.124 e. The van der Waals surface area contributed by atoms with Crippen molar-refractivity contribution in [3.63, 3.8) is 0 Å². The van der Waals surface area contributed by atoms with Crippen molar-refractivity contribution in [2.45, 2.75) is 10.9 Å². The van der Waals surface area contributed by atoms with E-state index in [1.807, 2.05) is 12.1 Å². The van der Waals surface area contributed by atoms with Gasteiger partial charge in [-0.2, -0.15) is 0 Å². The van der Waals surface area contributed by atoms with Crippen LogP contribution in [0.5, 0.6) is 0 Å². The summed E-state index contributed by atoms with van der Waals surface area (Å²) >= 11 is 13.4. The largest absolute Gasteiger partial charge is 0.271 e. The van der Waals surface area contributed by atoms with E-state index in [-0.39, 0.29) is 11.9 Å². The third kappa shape index (κ3) is 4.11. The van der Waals surface area contributed by atoms with E-state index < -0.39 is 0 Å². The Morgan fingerprint density at radius 1 is 1.15 bits per heavy atom. The van der Waals surface area contributed by atoms with Crippen LogP contribution < -0.4 is 11.3 Å². The quantitative estimate of drug-likeness (QED) is 0.484. The van der Waals surface area contributed by atoms with Crippen molar-refractivity contribution in [3.05, 3.63) is 63.9 Å². The lowest BCUT2D eigenvalue weighted by atomic mass is 10.1. The van der Waals surface area contributed by atoms with Crippen LogP contribution in [0.2, 0.25) is 10.0 Å². The maximum absolute atomic E-state index is 13.1. The topological polar surface area (TPSA) is 38.0 Å². The van der Waals surface area contributed by atoms with Gasteiger partial charge in [-0.15, -0.1) is 11.8 Å². The number of halogens is 3. The zero-order chi connectivity index (χ0) is 14.5. The highest BCUT2D eigenvalue weighted by atomic mass is 35.5. The zero-order valence-electron chi connectivity index (χ0n) is 10.4. The second-order valence-electron chi connectivity index (χ2n) is 4.16. The molecule has 20 heavy (non-hydrogen) atoms. The van der Waals surface area contributed by atoms with Crippen molar-refractivity contribution in [1.29, 1.82) is 0 Å². The number of thioether (sulfide) groups is 1. The molecule has 0 bridgehead atoms. The summed E-state index contributed by atoms with van der Waals surface area (Å²) in [7, 11) is 0. The third-order valence-electron chi connectivity index (χ3n) is 2.76. The molecule has 106 valence electrons. The molecule has 0 aromatic heterocycles. The van der Waals surface area contributed by atoms with Gasteiger partial charge in [-0.25, -0.2) is 4.39 Å². The summed E-state index contributed by atoms with van der Waals surface area (Å²) in [5.41, 5.74) is 3.67. The fourth-order valence-electron chi connectivity index (χ4n) is 1.71. The molecule has 2 aromatic carbocycles. The molecule has 2 aromatic rings. The molecule has 0 spiro atoms. The van der Waals surface area contributed by atoms with E-state index in [1.54, 1.807) is 18.2 Å². The highest BCUT2D eigenvalue weighted by molar-refractivity contribution is 7.99. The van der Waals surface area contributed by atoms with E-state index in [9.17, 15) is 4.39 Å². The van der Waals surface area contributed by atoms with Gasteiger partial charge in [0.15, 0.2) is 0 Å². The summed E-state index contributed by atoms with van der Waals surface area (Å²) in [5, 5.41) is 0.990. The Morgan fingerprint density at radius 3 is 2.60 bits per heavy atom. The van der Waals surface area contributed by atoms with Crippen molar-refractivity contribution in [3.8, 4) is 0 Å². The fourth-order valence-corrected chi connectivity index (χ4v) is 3.03. The van der Waals surface area contributed by atoms with Gasteiger partial charge in [0.05, 0.1) is 16.1 Å². The lowest BCUT2D eigenvalue weighted by molar-refractivity contribution is 0.610. The maximum atomic E-state index is 13.1. The molecule has 0 heterocycles. The van der Waals surface area contributed by atoms with E-state index in [2.05, 4.69) is 5.43 Å². The molecule has 3 N–H and O–H groups in total. The number of benzene rings is 2. The summed E-state index contributed by atoms with van der Waals surface area (Å²) < 4.78 is 13.1. The Labute approximate surface area is 131 Å². The monoisotopic (exact) mass is 330 g/mol. The first-order valence-corrected chi connectivity index (χ1v) is 7.63. The minimum atomic E-state index is -0.248. The van der Waals surface area contributed by atoms with Crippen molar-refractivity contribution in [2.75, 3.05) is 5.75 Å². The van der Waals surface area contributed by atoms with E-state index in [1.165, 1.54) is 23.9 Å². The van der Waals surface area contributed by atoms with Crippen LogP contribution in [0.4, 0.5) is 4.39 Å². The Kier molecular flexibility index (Phi) is 5.69. The molecule has 0 saturated carbocycles. The lowest BCUT2D eigenvalue weighted by Gasteiger charge is -2.16. The van der Waals surface area contributed by atoms with Crippen molar-refractivity contribution in [1.82, 2.24) is 5.43 Å². The number of hydrogen-bond donors (Lipinski definition) is 2. The van der Waals surface area contributed by atoms with Crippen LogP contribution in [0.25, 0.3) is 0 Å². The molecule has 0 fully saturated rings. The van der Waals surface area contributed by atoms with Gasteiger partial charge < -0.3 is 0 Å². The standard InChI is InChI=1S/C14H13Cl2FN2S/c15-12-5-4-9(6-13(12)16)14(19-18)8-20-11-3-1-2-10(17)7-11/h1-7,14,19H,8,18H2. The summed E-state index contributed by atoms with van der Waals surface area (Å²) in [6.07, 6.45) is 0. The van der Waals surface area contributed by atoms with Crippen LogP contribution >= 0.6 is 35.0 Å². The predicted octanol–water partition coefficient (Wildman–Crippen LogP) is 4.43. The van der Waals surface area contributed by atoms with Crippen molar-refractivity contribution < 1.29 is 4.39 Å². The number of nitrogens with one attached hydrogen (secondary N) is 1. The number of hydrazine groups is 1. The second-order valence-corrected chi connectivity index (χ2v) is 6.07. The Balaban J connectivity index is 2.07. The normalized spacial score (nSPS) is 12.4. The number of nitrogens with two attached hydrogens (primary N) is 1. The Hall–Kier alpha value is -0.780. The second kappa shape index (κ2) is 7.29. The van der Waals surface area contributed by atoms with Crippen LogP contribution in [-0.4, -0.2) is 5.75 Å². The van der Waals surface area contributed by atoms with Gasteiger partial charge in [0, 0.05) is 10.6 Å². The Morgan fingerprint density at radius 2 is 1.95 bits per heavy atom. The van der Waals surface area contributed by atoms with Gasteiger partial charge in [-0.1, -0.05) is 35.3 Å². The highest BCUT2D eigenvalue weighted by Gasteiger charge is 2.12. The van der Waals surface area contributed by atoms with Crippen molar-refractivity contribution >= 4 is 35.0 Å².